The molecule has 5 nitrogen and oxygen atoms in total. The molecule has 1 aromatic heterocycles. The number of nitrogens with zero attached hydrogens (tertiary/aromatic N) is 2. The summed E-state index contributed by atoms with van der Waals surface area (Å²) in [5, 5.41) is 12.8. The molecular formula is C21H21N3O2S. The molecule has 6 heteroatoms. The van der Waals surface area contributed by atoms with Crippen LogP contribution >= 0.6 is 11.3 Å². The predicted octanol–water partition coefficient (Wildman–Crippen LogP) is 5.15. The van der Waals surface area contributed by atoms with Crippen molar-refractivity contribution >= 4 is 22.4 Å². The largest absolute Gasteiger partial charge is 0.457 e. The first-order valence-corrected chi connectivity index (χ1v) is 10.1. The highest BCUT2D eigenvalue weighted by Gasteiger charge is 2.32. The first kappa shape index (κ1) is 17.7. The Morgan fingerprint density at radius 3 is 2.37 bits per heavy atom. The number of para-hydroxylation sites is 2. The van der Waals surface area contributed by atoms with Gasteiger partial charge in [0, 0.05) is 17.5 Å². The summed E-state index contributed by atoms with van der Waals surface area (Å²) in [6.07, 6.45) is 4.35. The van der Waals surface area contributed by atoms with Crippen molar-refractivity contribution in [1.82, 2.24) is 10.2 Å². The van der Waals surface area contributed by atoms with Crippen LogP contribution in [0.5, 0.6) is 11.5 Å². The van der Waals surface area contributed by atoms with Crippen molar-refractivity contribution in [2.24, 2.45) is 0 Å². The Kier molecular flexibility index (Phi) is 5.16. The van der Waals surface area contributed by atoms with Gasteiger partial charge in [-0.05, 0) is 18.6 Å². The topological polar surface area (TPSA) is 64.1 Å². The lowest BCUT2D eigenvalue weighted by atomic mass is 9.87. The lowest BCUT2D eigenvalue weighted by Gasteiger charge is -2.27. The zero-order valence-electron chi connectivity index (χ0n) is 15.1. The Labute approximate surface area is 162 Å². The number of carbonyl (C=O) groups excluding carboxylic acids is 1. The molecule has 1 aliphatic rings. The molecule has 1 aliphatic heterocycles. The molecule has 1 N–H and O–H groups in total. The SMILES string of the molecule is CCCCCc1nnc(NC(=O)C2c3ccccc3Oc3ccccc32)s1. The van der Waals surface area contributed by atoms with E-state index >= 15 is 0 Å². The van der Waals surface area contributed by atoms with Crippen molar-refractivity contribution < 1.29 is 9.53 Å². The molecule has 0 unspecified atom stereocenters. The zero-order valence-corrected chi connectivity index (χ0v) is 16.0. The van der Waals surface area contributed by atoms with Crippen LogP contribution in [0.15, 0.2) is 48.5 Å². The molecule has 0 saturated carbocycles. The van der Waals surface area contributed by atoms with Crippen molar-refractivity contribution in [3.05, 3.63) is 64.7 Å². The number of fused-ring (bicyclic) bond motifs is 2. The summed E-state index contributed by atoms with van der Waals surface area (Å²) in [4.78, 5) is 13.1. The molecule has 2 aromatic carbocycles. The second kappa shape index (κ2) is 7.88. The fourth-order valence-electron chi connectivity index (χ4n) is 3.30. The lowest BCUT2D eigenvalue weighted by Crippen LogP contribution is -2.25. The lowest BCUT2D eigenvalue weighted by molar-refractivity contribution is -0.116. The molecule has 0 atom stereocenters. The Hall–Kier alpha value is -2.73. The molecule has 0 radical (unpaired) electrons. The van der Waals surface area contributed by atoms with Gasteiger partial charge in [0.15, 0.2) is 0 Å². The van der Waals surface area contributed by atoms with Crippen LogP contribution in [0.3, 0.4) is 0 Å². The van der Waals surface area contributed by atoms with Gasteiger partial charge in [-0.1, -0.05) is 67.5 Å². The number of unbranched alkanes of at least 4 members (excludes halogenated alkanes) is 2. The monoisotopic (exact) mass is 379 g/mol. The number of ether oxygens (including phenoxy) is 1. The van der Waals surface area contributed by atoms with Gasteiger partial charge in [0.25, 0.3) is 0 Å². The van der Waals surface area contributed by atoms with Gasteiger partial charge < -0.3 is 4.74 Å². The van der Waals surface area contributed by atoms with Crippen LogP contribution in [0.2, 0.25) is 0 Å². The molecule has 4 rings (SSSR count). The molecule has 0 saturated heterocycles. The van der Waals surface area contributed by atoms with Crippen LogP contribution in [-0.2, 0) is 11.2 Å². The van der Waals surface area contributed by atoms with Gasteiger partial charge in [-0.25, -0.2) is 0 Å². The summed E-state index contributed by atoms with van der Waals surface area (Å²) in [5.74, 6) is 0.885. The molecule has 0 fully saturated rings. The third-order valence-electron chi connectivity index (χ3n) is 4.63. The zero-order chi connectivity index (χ0) is 18.6. The van der Waals surface area contributed by atoms with Crippen LogP contribution in [0.1, 0.15) is 48.2 Å². The van der Waals surface area contributed by atoms with Crippen molar-refractivity contribution in [3.8, 4) is 11.5 Å². The van der Waals surface area contributed by atoms with Gasteiger partial charge in [0.1, 0.15) is 16.5 Å². The van der Waals surface area contributed by atoms with Gasteiger partial charge >= 0.3 is 0 Å². The summed E-state index contributed by atoms with van der Waals surface area (Å²) in [6.45, 7) is 2.18. The fraction of sp³-hybridized carbons (Fsp3) is 0.286. The number of hydrogen-bond acceptors (Lipinski definition) is 5. The van der Waals surface area contributed by atoms with E-state index in [2.05, 4.69) is 22.4 Å². The maximum atomic E-state index is 13.1. The number of anilines is 1. The Morgan fingerprint density at radius 2 is 1.70 bits per heavy atom. The van der Waals surface area contributed by atoms with Crippen LogP contribution < -0.4 is 10.1 Å². The Balaban J connectivity index is 1.57. The van der Waals surface area contributed by atoms with Crippen molar-refractivity contribution in [3.63, 3.8) is 0 Å². The van der Waals surface area contributed by atoms with E-state index in [0.717, 1.165) is 29.0 Å². The van der Waals surface area contributed by atoms with Crippen LogP contribution in [-0.4, -0.2) is 16.1 Å². The van der Waals surface area contributed by atoms with Crippen molar-refractivity contribution in [2.75, 3.05) is 5.32 Å². The maximum Gasteiger partial charge on any atom is 0.238 e. The summed E-state index contributed by atoms with van der Waals surface area (Å²) in [6, 6.07) is 15.3. The molecule has 2 heterocycles. The number of benzene rings is 2. The minimum absolute atomic E-state index is 0.116. The number of rotatable bonds is 6. The summed E-state index contributed by atoms with van der Waals surface area (Å²) in [7, 11) is 0. The Morgan fingerprint density at radius 1 is 1.04 bits per heavy atom. The molecule has 0 bridgehead atoms. The minimum Gasteiger partial charge on any atom is -0.457 e. The van der Waals surface area contributed by atoms with E-state index in [1.807, 2.05) is 48.5 Å². The maximum absolute atomic E-state index is 13.1. The predicted molar refractivity (Wildman–Crippen MR) is 107 cm³/mol. The number of nitrogens with one attached hydrogen (secondary N) is 1. The normalized spacial score (nSPS) is 12.8. The standard InChI is InChI=1S/C21H21N3O2S/c1-2-3-4-13-18-23-24-21(27-18)22-20(25)19-14-9-5-7-11-16(14)26-17-12-8-6-10-15(17)19/h5-12,19H,2-4,13H2,1H3,(H,22,24,25). The molecule has 0 aliphatic carbocycles. The number of carbonyl (C=O) groups is 1. The summed E-state index contributed by atoms with van der Waals surface area (Å²) < 4.78 is 5.96. The van der Waals surface area contributed by atoms with Gasteiger partial charge in [0.2, 0.25) is 11.0 Å². The van der Waals surface area contributed by atoms with E-state index in [1.54, 1.807) is 0 Å². The van der Waals surface area contributed by atoms with Gasteiger partial charge in [-0.3, -0.25) is 10.1 Å². The molecule has 0 spiro atoms. The minimum atomic E-state index is -0.432. The van der Waals surface area contributed by atoms with E-state index in [9.17, 15) is 4.79 Å². The van der Waals surface area contributed by atoms with E-state index in [1.165, 1.54) is 24.2 Å². The average molecular weight is 379 g/mol. The number of hydrogen-bond donors (Lipinski definition) is 1. The highest BCUT2D eigenvalue weighted by Crippen LogP contribution is 2.44. The van der Waals surface area contributed by atoms with Crippen LogP contribution in [0.25, 0.3) is 0 Å². The third-order valence-corrected chi connectivity index (χ3v) is 5.53. The van der Waals surface area contributed by atoms with E-state index in [-0.39, 0.29) is 5.91 Å². The smallest absolute Gasteiger partial charge is 0.238 e. The van der Waals surface area contributed by atoms with Gasteiger partial charge in [-0.15, -0.1) is 10.2 Å². The summed E-state index contributed by atoms with van der Waals surface area (Å²) in [5.41, 5.74) is 1.72. The van der Waals surface area contributed by atoms with E-state index in [4.69, 9.17) is 4.74 Å². The molecule has 3 aromatic rings. The number of aryl methyl sites for hydroxylation is 1. The fourth-order valence-corrected chi connectivity index (χ4v) is 4.09. The molecule has 27 heavy (non-hydrogen) atoms. The average Bonchev–Trinajstić information content (AvgIpc) is 3.13. The van der Waals surface area contributed by atoms with Crippen molar-refractivity contribution in [2.45, 2.75) is 38.5 Å². The number of amides is 1. The van der Waals surface area contributed by atoms with E-state index < -0.39 is 5.92 Å². The van der Waals surface area contributed by atoms with Gasteiger partial charge in [0.05, 0.1) is 5.92 Å². The first-order chi connectivity index (χ1) is 13.3. The second-order valence-corrected chi connectivity index (χ2v) is 7.62. The van der Waals surface area contributed by atoms with Crippen molar-refractivity contribution in [1.29, 1.82) is 0 Å². The molecular weight excluding hydrogens is 358 g/mol. The summed E-state index contributed by atoms with van der Waals surface area (Å²) >= 11 is 1.45. The Bertz CT molecular complexity index is 908. The van der Waals surface area contributed by atoms with Crippen LogP contribution in [0.4, 0.5) is 5.13 Å². The second-order valence-electron chi connectivity index (χ2n) is 6.56. The highest BCUT2D eigenvalue weighted by molar-refractivity contribution is 7.15. The van der Waals surface area contributed by atoms with E-state index in [0.29, 0.717) is 16.6 Å². The number of aromatic nitrogens is 2. The molecule has 138 valence electrons. The molecule has 1 amide bonds. The van der Waals surface area contributed by atoms with Gasteiger partial charge in [-0.2, -0.15) is 0 Å². The van der Waals surface area contributed by atoms with Crippen LogP contribution in [0, 0.1) is 0 Å². The third kappa shape index (κ3) is 3.71. The highest BCUT2D eigenvalue weighted by atomic mass is 32.1. The quantitative estimate of drug-likeness (QED) is 0.602. The first-order valence-electron chi connectivity index (χ1n) is 9.25.